The first-order valence-corrected chi connectivity index (χ1v) is 9.85. The monoisotopic (exact) mass is 413 g/mol. The molecule has 2 aromatic rings. The molecule has 0 radical (unpaired) electrons. The summed E-state index contributed by atoms with van der Waals surface area (Å²) in [7, 11) is 0. The number of ether oxygens (including phenoxy) is 1. The van der Waals surface area contributed by atoms with Crippen molar-refractivity contribution in [3.8, 4) is 5.75 Å². The first-order chi connectivity index (χ1) is 12.2. The third-order valence-corrected chi connectivity index (χ3v) is 5.37. The molecule has 26 heavy (non-hydrogen) atoms. The second-order valence-corrected chi connectivity index (χ2v) is 7.58. The lowest BCUT2D eigenvalue weighted by molar-refractivity contribution is 0.306. The minimum Gasteiger partial charge on any atom is -0.489 e. The van der Waals surface area contributed by atoms with Crippen LogP contribution in [0.4, 0.5) is 0 Å². The lowest BCUT2D eigenvalue weighted by Gasteiger charge is -2.16. The Morgan fingerprint density at radius 1 is 0.923 bits per heavy atom. The molecule has 142 valence electrons. The average molecular weight is 415 g/mol. The maximum absolute atomic E-state index is 6.17. The van der Waals surface area contributed by atoms with E-state index in [1.54, 1.807) is 6.07 Å². The first kappa shape index (κ1) is 21.4. The fraction of sp³-hybridized carbons (Fsp3) is 0.429. The molecule has 0 aromatic heterocycles. The lowest BCUT2D eigenvalue weighted by Crippen LogP contribution is -2.27. The van der Waals surface area contributed by atoms with E-state index < -0.39 is 0 Å². The second kappa shape index (κ2) is 11.0. The predicted molar refractivity (Wildman–Crippen MR) is 113 cm³/mol. The Kier molecular flexibility index (Phi) is 9.07. The van der Waals surface area contributed by atoms with Gasteiger partial charge in [-0.05, 0) is 42.7 Å². The maximum Gasteiger partial charge on any atom is 0.119 e. The summed E-state index contributed by atoms with van der Waals surface area (Å²) in [5.74, 6) is 0.851. The van der Waals surface area contributed by atoms with Crippen molar-refractivity contribution < 1.29 is 4.74 Å². The molecule has 1 aliphatic rings. The number of benzene rings is 2. The van der Waals surface area contributed by atoms with Crippen molar-refractivity contribution in [2.24, 2.45) is 0 Å². The highest BCUT2D eigenvalue weighted by atomic mass is 35.5. The van der Waals surface area contributed by atoms with Gasteiger partial charge in [-0.1, -0.05) is 67.1 Å². The van der Waals surface area contributed by atoms with Crippen LogP contribution in [0.2, 0.25) is 10.0 Å². The molecule has 0 amide bonds. The van der Waals surface area contributed by atoms with Gasteiger partial charge >= 0.3 is 0 Å². The van der Waals surface area contributed by atoms with Crippen molar-refractivity contribution in [1.82, 2.24) is 5.32 Å². The van der Waals surface area contributed by atoms with Gasteiger partial charge in [0.25, 0.3) is 0 Å². The van der Waals surface area contributed by atoms with E-state index in [0.717, 1.165) is 17.9 Å². The number of rotatable bonds is 6. The van der Waals surface area contributed by atoms with E-state index in [0.29, 0.717) is 22.7 Å². The molecule has 0 bridgehead atoms. The van der Waals surface area contributed by atoms with Gasteiger partial charge in [-0.15, -0.1) is 12.4 Å². The Hall–Kier alpha value is -0.930. The zero-order valence-electron chi connectivity index (χ0n) is 14.8. The van der Waals surface area contributed by atoms with Gasteiger partial charge < -0.3 is 10.1 Å². The Morgan fingerprint density at radius 3 is 2.27 bits per heavy atom. The van der Waals surface area contributed by atoms with E-state index >= 15 is 0 Å². The van der Waals surface area contributed by atoms with Gasteiger partial charge in [0.1, 0.15) is 12.4 Å². The molecule has 1 saturated carbocycles. The molecule has 2 aromatic carbocycles. The molecule has 1 N–H and O–H groups in total. The van der Waals surface area contributed by atoms with E-state index in [2.05, 4.69) is 17.4 Å². The highest BCUT2D eigenvalue weighted by molar-refractivity contribution is 6.35. The first-order valence-electron chi connectivity index (χ1n) is 9.10. The summed E-state index contributed by atoms with van der Waals surface area (Å²) in [6.07, 6.45) is 8.12. The van der Waals surface area contributed by atoms with Crippen LogP contribution in [0, 0.1) is 0 Å². The molecular formula is C21H26Cl3NO. The second-order valence-electron chi connectivity index (χ2n) is 6.74. The number of hydrogen-bond donors (Lipinski definition) is 1. The van der Waals surface area contributed by atoms with Crippen LogP contribution in [0.25, 0.3) is 0 Å². The fourth-order valence-corrected chi connectivity index (χ4v) is 3.71. The van der Waals surface area contributed by atoms with Crippen LogP contribution in [0.15, 0.2) is 42.5 Å². The minimum atomic E-state index is 0. The van der Waals surface area contributed by atoms with Gasteiger partial charge in [-0.2, -0.15) is 0 Å². The van der Waals surface area contributed by atoms with Crippen molar-refractivity contribution >= 4 is 35.6 Å². The summed E-state index contributed by atoms with van der Waals surface area (Å²) in [6.45, 7) is 1.36. The largest absolute Gasteiger partial charge is 0.489 e. The number of nitrogens with one attached hydrogen (secondary N) is 1. The number of hydrogen-bond acceptors (Lipinski definition) is 2. The average Bonchev–Trinajstić information content (AvgIpc) is 2.89. The quantitative estimate of drug-likeness (QED) is 0.524. The summed E-state index contributed by atoms with van der Waals surface area (Å²) < 4.78 is 5.83. The minimum absolute atomic E-state index is 0. The van der Waals surface area contributed by atoms with Gasteiger partial charge in [0, 0.05) is 28.2 Å². The smallest absolute Gasteiger partial charge is 0.119 e. The van der Waals surface area contributed by atoms with Gasteiger partial charge in [0.05, 0.1) is 0 Å². The van der Waals surface area contributed by atoms with Crippen molar-refractivity contribution in [1.29, 1.82) is 0 Å². The number of halogens is 3. The molecule has 0 saturated heterocycles. The molecule has 3 rings (SSSR count). The van der Waals surface area contributed by atoms with Gasteiger partial charge in [-0.25, -0.2) is 0 Å². The van der Waals surface area contributed by atoms with Crippen molar-refractivity contribution in [2.45, 2.75) is 57.7 Å². The van der Waals surface area contributed by atoms with Crippen LogP contribution >= 0.6 is 35.6 Å². The van der Waals surface area contributed by atoms with Crippen molar-refractivity contribution in [3.05, 3.63) is 63.6 Å². The molecular weight excluding hydrogens is 389 g/mol. The molecule has 5 heteroatoms. The lowest BCUT2D eigenvalue weighted by atomic mass is 10.1. The van der Waals surface area contributed by atoms with Crippen molar-refractivity contribution in [2.75, 3.05) is 0 Å². The summed E-state index contributed by atoms with van der Waals surface area (Å²) in [4.78, 5) is 0. The maximum atomic E-state index is 6.17. The van der Waals surface area contributed by atoms with Crippen LogP contribution in [-0.4, -0.2) is 6.04 Å². The van der Waals surface area contributed by atoms with Gasteiger partial charge in [0.2, 0.25) is 0 Å². The van der Waals surface area contributed by atoms with Crippen LogP contribution < -0.4 is 10.1 Å². The molecule has 0 unspecified atom stereocenters. The standard InChI is InChI=1S/C21H25Cl2NO.ClH/c22-18-10-9-17(21(23)13-18)15-25-20-11-7-16(8-12-20)14-24-19-5-3-1-2-4-6-19;/h7-13,19,24H,1-6,14-15H2;1H. The van der Waals surface area contributed by atoms with E-state index in [4.69, 9.17) is 27.9 Å². The predicted octanol–water partition coefficient (Wildman–Crippen LogP) is 6.81. The summed E-state index contributed by atoms with van der Waals surface area (Å²) in [6, 6.07) is 14.4. The molecule has 0 spiro atoms. The Bertz CT molecular complexity index is 667. The van der Waals surface area contributed by atoms with E-state index in [1.165, 1.54) is 44.1 Å². The third-order valence-electron chi connectivity index (χ3n) is 4.78. The topological polar surface area (TPSA) is 21.3 Å². The molecule has 1 aliphatic carbocycles. The molecule has 0 heterocycles. The zero-order valence-corrected chi connectivity index (χ0v) is 17.2. The molecule has 1 fully saturated rings. The highest BCUT2D eigenvalue weighted by Crippen LogP contribution is 2.23. The van der Waals surface area contributed by atoms with Gasteiger partial charge in [-0.3, -0.25) is 0 Å². The zero-order chi connectivity index (χ0) is 17.5. The van der Waals surface area contributed by atoms with E-state index in [-0.39, 0.29) is 12.4 Å². The summed E-state index contributed by atoms with van der Waals surface area (Å²) in [5.41, 5.74) is 2.23. The van der Waals surface area contributed by atoms with E-state index in [9.17, 15) is 0 Å². The SMILES string of the molecule is Cl.Clc1ccc(COc2ccc(CNC3CCCCCC3)cc2)c(Cl)c1. The van der Waals surface area contributed by atoms with Crippen LogP contribution in [-0.2, 0) is 13.2 Å². The Balaban J connectivity index is 0.00000243. The molecule has 0 aliphatic heterocycles. The molecule has 0 atom stereocenters. The Labute approximate surface area is 172 Å². The van der Waals surface area contributed by atoms with Crippen LogP contribution in [0.3, 0.4) is 0 Å². The summed E-state index contributed by atoms with van der Waals surface area (Å²) >= 11 is 12.1. The van der Waals surface area contributed by atoms with Crippen LogP contribution in [0.1, 0.15) is 49.7 Å². The fourth-order valence-electron chi connectivity index (χ4n) is 3.25. The van der Waals surface area contributed by atoms with E-state index in [1.807, 2.05) is 24.3 Å². The summed E-state index contributed by atoms with van der Waals surface area (Å²) in [5, 5.41) is 4.97. The van der Waals surface area contributed by atoms with Crippen molar-refractivity contribution in [3.63, 3.8) is 0 Å². The molecule has 2 nitrogen and oxygen atoms in total. The normalized spacial score (nSPS) is 15.2. The van der Waals surface area contributed by atoms with Crippen LogP contribution in [0.5, 0.6) is 5.75 Å². The third kappa shape index (κ3) is 6.66. The van der Waals surface area contributed by atoms with Gasteiger partial charge in [0.15, 0.2) is 0 Å². The Morgan fingerprint density at radius 2 is 1.62 bits per heavy atom. The highest BCUT2D eigenvalue weighted by Gasteiger charge is 2.11.